The molecule has 0 saturated heterocycles. The lowest BCUT2D eigenvalue weighted by Crippen LogP contribution is -2.25. The quantitative estimate of drug-likeness (QED) is 0.814. The van der Waals surface area contributed by atoms with Crippen LogP contribution in [-0.4, -0.2) is 15.3 Å². The van der Waals surface area contributed by atoms with Crippen molar-refractivity contribution in [2.45, 2.75) is 6.54 Å². The molecule has 6 heteroatoms. The molecule has 2 aromatic rings. The predicted octanol–water partition coefficient (Wildman–Crippen LogP) is 2.54. The van der Waals surface area contributed by atoms with Gasteiger partial charge in [-0.2, -0.15) is 0 Å². The molecule has 0 amide bonds. The highest BCUT2D eigenvalue weighted by Gasteiger charge is 2.08. The Hall–Kier alpha value is -1.46. The van der Waals surface area contributed by atoms with Gasteiger partial charge in [0.1, 0.15) is 0 Å². The predicted molar refractivity (Wildman–Crippen MR) is 72.0 cm³/mol. The van der Waals surface area contributed by atoms with Crippen LogP contribution in [0.4, 0.5) is 0 Å². The van der Waals surface area contributed by atoms with E-state index < -0.39 is 5.69 Å². The van der Waals surface area contributed by atoms with Crippen molar-refractivity contribution in [1.29, 1.82) is 0 Å². The molecule has 0 aliphatic carbocycles. The van der Waals surface area contributed by atoms with Gasteiger partial charge < -0.3 is 0 Å². The molecule has 0 unspecified atom stereocenters. The van der Waals surface area contributed by atoms with Gasteiger partial charge in [0.25, 0.3) is 0 Å². The second-order valence-electron chi connectivity index (χ2n) is 3.61. The fourth-order valence-electron chi connectivity index (χ4n) is 1.42. The summed E-state index contributed by atoms with van der Waals surface area (Å²) in [5.74, 6) is -0.173. The van der Waals surface area contributed by atoms with E-state index in [1.807, 2.05) is 0 Å². The van der Waals surface area contributed by atoms with Crippen molar-refractivity contribution in [3.8, 4) is 0 Å². The number of Topliss-reactive ketones (excluding diaryl/α,β-unsaturated/α-hetero) is 1. The summed E-state index contributed by atoms with van der Waals surface area (Å²) < 4.78 is 2.08. The summed E-state index contributed by atoms with van der Waals surface area (Å²) >= 11 is 9.02. The lowest BCUT2D eigenvalue weighted by molar-refractivity contribution is 0.0970. The first-order valence-corrected chi connectivity index (χ1v) is 6.24. The highest BCUT2D eigenvalue weighted by Crippen LogP contribution is 2.11. The Balaban J connectivity index is 2.24. The van der Waals surface area contributed by atoms with Crippen LogP contribution in [0.15, 0.2) is 45.9 Å². The van der Waals surface area contributed by atoms with Gasteiger partial charge in [-0.3, -0.25) is 9.36 Å². The van der Waals surface area contributed by atoms with Crippen molar-refractivity contribution in [2.24, 2.45) is 0 Å². The second-order valence-corrected chi connectivity index (χ2v) is 4.96. The average Bonchev–Trinajstić information content (AvgIpc) is 2.34. The number of halogens is 2. The molecule has 0 spiro atoms. The number of carbonyl (C=O) groups is 1. The average molecular weight is 328 g/mol. The summed E-state index contributed by atoms with van der Waals surface area (Å²) in [6.07, 6.45) is 2.65. The van der Waals surface area contributed by atoms with Gasteiger partial charge in [-0.1, -0.05) is 39.7 Å². The summed E-state index contributed by atoms with van der Waals surface area (Å²) in [4.78, 5) is 26.9. The molecular formula is C12H8BrClN2O2. The smallest absolute Gasteiger partial charge is 0.292 e. The van der Waals surface area contributed by atoms with E-state index in [2.05, 4.69) is 20.9 Å². The number of carbonyl (C=O) groups excluding carboxylic acids is 1. The number of ketones is 1. The molecule has 1 aromatic heterocycles. The maximum atomic E-state index is 11.9. The van der Waals surface area contributed by atoms with E-state index in [1.165, 1.54) is 17.0 Å². The van der Waals surface area contributed by atoms with Gasteiger partial charge in [0.15, 0.2) is 5.78 Å². The van der Waals surface area contributed by atoms with Crippen molar-refractivity contribution in [1.82, 2.24) is 9.55 Å². The number of rotatable bonds is 3. The number of hydrogen-bond donors (Lipinski definition) is 0. The third-order valence-electron chi connectivity index (χ3n) is 2.30. The molecule has 0 radical (unpaired) electrons. The Kier molecular flexibility index (Phi) is 3.93. The van der Waals surface area contributed by atoms with Gasteiger partial charge in [-0.15, -0.1) is 0 Å². The molecule has 4 nitrogen and oxygen atoms in total. The minimum atomic E-state index is -0.495. The molecule has 0 atom stereocenters. The first-order valence-electron chi connectivity index (χ1n) is 5.07. The highest BCUT2D eigenvalue weighted by atomic mass is 79.9. The molecule has 2 rings (SSSR count). The van der Waals surface area contributed by atoms with E-state index in [0.29, 0.717) is 10.6 Å². The molecule has 1 aromatic carbocycles. The Bertz CT molecular complexity index is 637. The lowest BCUT2D eigenvalue weighted by atomic mass is 10.1. The van der Waals surface area contributed by atoms with Crippen molar-refractivity contribution < 1.29 is 4.79 Å². The van der Waals surface area contributed by atoms with E-state index in [9.17, 15) is 9.59 Å². The Morgan fingerprint density at radius 3 is 2.67 bits per heavy atom. The molecule has 0 aliphatic rings. The third kappa shape index (κ3) is 3.05. The Morgan fingerprint density at radius 1 is 1.33 bits per heavy atom. The largest absolute Gasteiger partial charge is 0.348 e. The number of hydrogen-bond acceptors (Lipinski definition) is 3. The summed E-state index contributed by atoms with van der Waals surface area (Å²) in [7, 11) is 0. The van der Waals surface area contributed by atoms with Crippen LogP contribution < -0.4 is 5.69 Å². The molecule has 0 fully saturated rings. The van der Waals surface area contributed by atoms with Crippen LogP contribution in [0.3, 0.4) is 0 Å². The molecule has 0 aliphatic heterocycles. The van der Waals surface area contributed by atoms with Crippen LogP contribution in [0.25, 0.3) is 0 Å². The summed E-state index contributed by atoms with van der Waals surface area (Å²) in [6, 6.07) is 6.92. The van der Waals surface area contributed by atoms with Crippen molar-refractivity contribution in [3.05, 3.63) is 62.2 Å². The van der Waals surface area contributed by atoms with Crippen molar-refractivity contribution >= 4 is 33.3 Å². The zero-order valence-electron chi connectivity index (χ0n) is 9.14. The number of nitrogens with zero attached hydrogens (tertiary/aromatic N) is 2. The Morgan fingerprint density at radius 2 is 2.00 bits per heavy atom. The van der Waals surface area contributed by atoms with Gasteiger partial charge in [-0.05, 0) is 12.1 Å². The van der Waals surface area contributed by atoms with Gasteiger partial charge in [0.2, 0.25) is 0 Å². The normalized spacial score (nSPS) is 10.3. The minimum Gasteiger partial charge on any atom is -0.292 e. The summed E-state index contributed by atoms with van der Waals surface area (Å²) in [5.41, 5.74) is 0.0370. The topological polar surface area (TPSA) is 52.0 Å². The third-order valence-corrected chi connectivity index (χ3v) is 3.03. The van der Waals surface area contributed by atoms with Crippen LogP contribution in [0.5, 0.6) is 0 Å². The summed E-state index contributed by atoms with van der Waals surface area (Å²) in [6.45, 7) is -0.0754. The fourth-order valence-corrected chi connectivity index (χ4v) is 1.85. The van der Waals surface area contributed by atoms with Crippen molar-refractivity contribution in [3.63, 3.8) is 0 Å². The zero-order valence-corrected chi connectivity index (χ0v) is 11.5. The van der Waals surface area contributed by atoms with Gasteiger partial charge in [0, 0.05) is 16.2 Å². The Labute approximate surface area is 116 Å². The minimum absolute atomic E-state index is 0.0754. The van der Waals surface area contributed by atoms with Crippen LogP contribution in [0.1, 0.15) is 10.4 Å². The molecule has 18 heavy (non-hydrogen) atoms. The maximum Gasteiger partial charge on any atom is 0.348 e. The number of benzene rings is 1. The second kappa shape index (κ2) is 5.46. The zero-order chi connectivity index (χ0) is 13.1. The fraction of sp³-hybridized carbons (Fsp3) is 0.0833. The monoisotopic (exact) mass is 326 g/mol. The molecule has 0 bridgehead atoms. The van der Waals surface area contributed by atoms with E-state index in [4.69, 9.17) is 11.6 Å². The maximum absolute atomic E-state index is 11.9. The first-order chi connectivity index (χ1) is 8.56. The van der Waals surface area contributed by atoms with Crippen molar-refractivity contribution in [2.75, 3.05) is 0 Å². The SMILES string of the molecule is O=C(Cn1cc(Cl)cnc1=O)c1ccc(Br)cc1. The summed E-state index contributed by atoms with van der Waals surface area (Å²) in [5, 5.41) is 0.318. The van der Waals surface area contributed by atoms with Crippen LogP contribution in [0, 0.1) is 0 Å². The van der Waals surface area contributed by atoms with Crippen LogP contribution in [-0.2, 0) is 6.54 Å². The van der Waals surface area contributed by atoms with Gasteiger partial charge in [-0.25, -0.2) is 9.78 Å². The molecule has 0 saturated carbocycles. The number of aromatic nitrogens is 2. The van der Waals surface area contributed by atoms with Crippen LogP contribution in [0.2, 0.25) is 5.02 Å². The van der Waals surface area contributed by atoms with Crippen LogP contribution >= 0.6 is 27.5 Å². The molecule has 1 heterocycles. The molecular weight excluding hydrogens is 320 g/mol. The molecule has 0 N–H and O–H groups in total. The highest BCUT2D eigenvalue weighted by molar-refractivity contribution is 9.10. The molecule has 92 valence electrons. The lowest BCUT2D eigenvalue weighted by Gasteiger charge is -2.04. The standard InChI is InChI=1S/C12H8BrClN2O2/c13-9-3-1-8(2-4-9)11(17)7-16-6-10(14)5-15-12(16)18/h1-6H,7H2. The van der Waals surface area contributed by atoms with E-state index in [0.717, 1.165) is 4.47 Å². The van der Waals surface area contributed by atoms with Gasteiger partial charge in [0.05, 0.1) is 17.8 Å². The van der Waals surface area contributed by atoms with Gasteiger partial charge >= 0.3 is 5.69 Å². The first kappa shape index (κ1) is 13.0. The van der Waals surface area contributed by atoms with E-state index in [1.54, 1.807) is 24.3 Å². The van der Waals surface area contributed by atoms with E-state index in [-0.39, 0.29) is 12.3 Å². The van der Waals surface area contributed by atoms with E-state index >= 15 is 0 Å².